The SMILES string of the molecule is O=C(c1ccc2c(c1)OCO2)N1CCOCC1Cc1ccccc1. The van der Waals surface area contributed by atoms with Gasteiger partial charge in [0.15, 0.2) is 11.5 Å². The van der Waals surface area contributed by atoms with Crippen molar-refractivity contribution in [2.75, 3.05) is 26.6 Å². The average Bonchev–Trinajstić information content (AvgIpc) is 3.10. The molecule has 4 rings (SSSR count). The van der Waals surface area contributed by atoms with Crippen molar-refractivity contribution in [3.8, 4) is 11.5 Å². The van der Waals surface area contributed by atoms with Gasteiger partial charge in [-0.3, -0.25) is 4.79 Å². The summed E-state index contributed by atoms with van der Waals surface area (Å²) in [5.41, 5.74) is 1.83. The summed E-state index contributed by atoms with van der Waals surface area (Å²) in [4.78, 5) is 14.9. The highest BCUT2D eigenvalue weighted by molar-refractivity contribution is 5.95. The number of rotatable bonds is 3. The Morgan fingerprint density at radius 3 is 2.79 bits per heavy atom. The van der Waals surface area contributed by atoms with Crippen LogP contribution in [0.5, 0.6) is 11.5 Å². The molecule has 2 aliphatic rings. The summed E-state index contributed by atoms with van der Waals surface area (Å²) in [5, 5.41) is 0. The zero-order valence-electron chi connectivity index (χ0n) is 13.3. The Kier molecular flexibility index (Phi) is 4.09. The summed E-state index contributed by atoms with van der Waals surface area (Å²) in [6.45, 7) is 1.94. The van der Waals surface area contributed by atoms with Gasteiger partial charge >= 0.3 is 0 Å². The fraction of sp³-hybridized carbons (Fsp3) is 0.316. The first-order valence-corrected chi connectivity index (χ1v) is 8.13. The monoisotopic (exact) mass is 325 g/mol. The average molecular weight is 325 g/mol. The molecule has 1 saturated heterocycles. The predicted octanol–water partition coefficient (Wildman–Crippen LogP) is 2.50. The highest BCUT2D eigenvalue weighted by Gasteiger charge is 2.29. The molecule has 1 amide bonds. The summed E-state index contributed by atoms with van der Waals surface area (Å²) in [6.07, 6.45) is 0.789. The summed E-state index contributed by atoms with van der Waals surface area (Å²) in [6, 6.07) is 15.6. The molecule has 0 spiro atoms. The van der Waals surface area contributed by atoms with Crippen molar-refractivity contribution in [3.05, 3.63) is 59.7 Å². The van der Waals surface area contributed by atoms with Crippen molar-refractivity contribution in [1.82, 2.24) is 4.90 Å². The van der Waals surface area contributed by atoms with Crippen LogP contribution in [-0.4, -0.2) is 43.4 Å². The van der Waals surface area contributed by atoms with Crippen LogP contribution in [0.15, 0.2) is 48.5 Å². The van der Waals surface area contributed by atoms with Gasteiger partial charge in [-0.2, -0.15) is 0 Å². The van der Waals surface area contributed by atoms with Gasteiger partial charge in [0.2, 0.25) is 6.79 Å². The first-order valence-electron chi connectivity index (χ1n) is 8.13. The van der Waals surface area contributed by atoms with E-state index in [0.717, 1.165) is 6.42 Å². The molecule has 1 fully saturated rings. The molecule has 2 heterocycles. The third-order valence-electron chi connectivity index (χ3n) is 4.42. The van der Waals surface area contributed by atoms with Crippen molar-refractivity contribution in [2.45, 2.75) is 12.5 Å². The number of hydrogen-bond donors (Lipinski definition) is 0. The van der Waals surface area contributed by atoms with Gasteiger partial charge in [-0.1, -0.05) is 30.3 Å². The van der Waals surface area contributed by atoms with Gasteiger partial charge in [0, 0.05) is 12.1 Å². The zero-order valence-corrected chi connectivity index (χ0v) is 13.3. The molecule has 0 aromatic heterocycles. The van der Waals surface area contributed by atoms with Gasteiger partial charge in [-0.05, 0) is 30.2 Å². The first-order chi connectivity index (χ1) is 11.8. The highest BCUT2D eigenvalue weighted by Crippen LogP contribution is 2.33. The molecular formula is C19H19NO4. The van der Waals surface area contributed by atoms with Gasteiger partial charge in [-0.15, -0.1) is 0 Å². The zero-order chi connectivity index (χ0) is 16.4. The summed E-state index contributed by atoms with van der Waals surface area (Å²) in [5.74, 6) is 1.33. The molecule has 5 nitrogen and oxygen atoms in total. The second-order valence-corrected chi connectivity index (χ2v) is 5.99. The lowest BCUT2D eigenvalue weighted by Gasteiger charge is -2.36. The Morgan fingerprint density at radius 1 is 1.08 bits per heavy atom. The van der Waals surface area contributed by atoms with Crippen molar-refractivity contribution >= 4 is 5.91 Å². The number of carbonyl (C=O) groups excluding carboxylic acids is 1. The standard InChI is InChI=1S/C19H19NO4/c21-19(15-6-7-17-18(11-15)24-13-23-17)20-8-9-22-12-16(20)10-14-4-2-1-3-5-14/h1-7,11,16H,8-10,12-13H2. The maximum absolute atomic E-state index is 13.0. The smallest absolute Gasteiger partial charge is 0.254 e. The van der Waals surface area contributed by atoms with Crippen LogP contribution in [-0.2, 0) is 11.2 Å². The van der Waals surface area contributed by atoms with Gasteiger partial charge in [0.25, 0.3) is 5.91 Å². The normalized spacial score (nSPS) is 19.3. The van der Waals surface area contributed by atoms with Crippen LogP contribution in [0.1, 0.15) is 15.9 Å². The molecule has 1 atom stereocenters. The van der Waals surface area contributed by atoms with Crippen LogP contribution in [0.25, 0.3) is 0 Å². The molecule has 0 radical (unpaired) electrons. The van der Waals surface area contributed by atoms with Crippen LogP contribution >= 0.6 is 0 Å². The lowest BCUT2D eigenvalue weighted by Crippen LogP contribution is -2.49. The van der Waals surface area contributed by atoms with Crippen molar-refractivity contribution in [3.63, 3.8) is 0 Å². The number of fused-ring (bicyclic) bond motifs is 1. The van der Waals surface area contributed by atoms with E-state index in [1.807, 2.05) is 23.1 Å². The molecule has 2 aliphatic heterocycles. The van der Waals surface area contributed by atoms with Gasteiger partial charge in [0.1, 0.15) is 0 Å². The quantitative estimate of drug-likeness (QED) is 0.870. The molecule has 0 N–H and O–H groups in total. The maximum atomic E-state index is 13.0. The molecule has 5 heteroatoms. The van der Waals surface area contributed by atoms with E-state index in [2.05, 4.69) is 12.1 Å². The first kappa shape index (κ1) is 15.0. The summed E-state index contributed by atoms with van der Waals surface area (Å²) < 4.78 is 16.3. The Hall–Kier alpha value is -2.53. The van der Waals surface area contributed by atoms with E-state index < -0.39 is 0 Å². The van der Waals surface area contributed by atoms with E-state index in [-0.39, 0.29) is 18.7 Å². The van der Waals surface area contributed by atoms with Crippen LogP contribution in [0, 0.1) is 0 Å². The topological polar surface area (TPSA) is 48.0 Å². The van der Waals surface area contributed by atoms with E-state index in [1.54, 1.807) is 18.2 Å². The van der Waals surface area contributed by atoms with Crippen LogP contribution in [0.4, 0.5) is 0 Å². The molecular weight excluding hydrogens is 306 g/mol. The fourth-order valence-electron chi connectivity index (χ4n) is 3.17. The molecule has 2 aromatic rings. The number of nitrogens with zero attached hydrogens (tertiary/aromatic N) is 1. The number of morpholine rings is 1. The second-order valence-electron chi connectivity index (χ2n) is 5.99. The van der Waals surface area contributed by atoms with Crippen molar-refractivity contribution in [1.29, 1.82) is 0 Å². The lowest BCUT2D eigenvalue weighted by atomic mass is 10.0. The Labute approximate surface area is 140 Å². The van der Waals surface area contributed by atoms with E-state index in [1.165, 1.54) is 5.56 Å². The number of carbonyl (C=O) groups is 1. The van der Waals surface area contributed by atoms with Gasteiger partial charge in [-0.25, -0.2) is 0 Å². The Balaban J connectivity index is 1.54. The maximum Gasteiger partial charge on any atom is 0.254 e. The Morgan fingerprint density at radius 2 is 1.92 bits per heavy atom. The molecule has 0 aliphatic carbocycles. The fourth-order valence-corrected chi connectivity index (χ4v) is 3.17. The summed E-state index contributed by atoms with van der Waals surface area (Å²) in [7, 11) is 0. The number of ether oxygens (including phenoxy) is 3. The minimum Gasteiger partial charge on any atom is -0.454 e. The van der Waals surface area contributed by atoms with Crippen LogP contribution in [0.3, 0.4) is 0 Å². The highest BCUT2D eigenvalue weighted by atomic mass is 16.7. The largest absolute Gasteiger partial charge is 0.454 e. The third kappa shape index (κ3) is 2.95. The van der Waals surface area contributed by atoms with E-state index in [4.69, 9.17) is 14.2 Å². The number of amides is 1. The van der Waals surface area contributed by atoms with Crippen LogP contribution < -0.4 is 9.47 Å². The van der Waals surface area contributed by atoms with Crippen molar-refractivity contribution in [2.24, 2.45) is 0 Å². The predicted molar refractivity (Wildman–Crippen MR) is 88.4 cm³/mol. The molecule has 124 valence electrons. The minimum atomic E-state index is 0.0116. The van der Waals surface area contributed by atoms with Crippen LogP contribution in [0.2, 0.25) is 0 Å². The Bertz CT molecular complexity index is 731. The molecule has 24 heavy (non-hydrogen) atoms. The number of benzene rings is 2. The lowest BCUT2D eigenvalue weighted by molar-refractivity contribution is -0.00165. The van der Waals surface area contributed by atoms with E-state index in [0.29, 0.717) is 36.8 Å². The molecule has 1 unspecified atom stereocenters. The van der Waals surface area contributed by atoms with Gasteiger partial charge in [0.05, 0.1) is 19.3 Å². The molecule has 0 bridgehead atoms. The summed E-state index contributed by atoms with van der Waals surface area (Å²) >= 11 is 0. The number of hydrogen-bond acceptors (Lipinski definition) is 4. The third-order valence-corrected chi connectivity index (χ3v) is 4.42. The van der Waals surface area contributed by atoms with Crippen molar-refractivity contribution < 1.29 is 19.0 Å². The molecule has 0 saturated carbocycles. The van der Waals surface area contributed by atoms with E-state index >= 15 is 0 Å². The van der Waals surface area contributed by atoms with E-state index in [9.17, 15) is 4.79 Å². The van der Waals surface area contributed by atoms with Gasteiger partial charge < -0.3 is 19.1 Å². The second kappa shape index (κ2) is 6.53. The minimum absolute atomic E-state index is 0.0116. The molecule has 2 aromatic carbocycles.